The third-order valence-electron chi connectivity index (χ3n) is 4.38. The number of hydrogen-bond acceptors (Lipinski definition) is 3. The largest absolute Gasteiger partial charge is 0.380 e. The van der Waals surface area contributed by atoms with E-state index in [1.807, 2.05) is 7.11 Å². The van der Waals surface area contributed by atoms with Crippen LogP contribution in [0.1, 0.15) is 43.4 Å². The molecule has 1 heterocycles. The highest BCUT2D eigenvalue weighted by molar-refractivity contribution is 5.25. The van der Waals surface area contributed by atoms with E-state index in [-0.39, 0.29) is 0 Å². The van der Waals surface area contributed by atoms with Gasteiger partial charge in [-0.3, -0.25) is 0 Å². The second-order valence-corrected chi connectivity index (χ2v) is 6.16. The van der Waals surface area contributed by atoms with Gasteiger partial charge in [0.25, 0.3) is 0 Å². The SMILES string of the molecule is CCCNC(CCN1CCC(OC)C1)c1cccc(C)c1. The van der Waals surface area contributed by atoms with Crippen LogP contribution in [0.25, 0.3) is 0 Å². The zero-order valence-electron chi connectivity index (χ0n) is 13.8. The van der Waals surface area contributed by atoms with E-state index in [2.05, 4.69) is 48.3 Å². The average molecular weight is 290 g/mol. The second kappa shape index (κ2) is 8.52. The molecule has 1 aromatic rings. The van der Waals surface area contributed by atoms with Gasteiger partial charge in [0.15, 0.2) is 0 Å². The van der Waals surface area contributed by atoms with Gasteiger partial charge in [0.05, 0.1) is 6.10 Å². The molecule has 21 heavy (non-hydrogen) atoms. The van der Waals surface area contributed by atoms with Gasteiger partial charge in [-0.1, -0.05) is 36.8 Å². The van der Waals surface area contributed by atoms with Gasteiger partial charge in [-0.05, 0) is 38.3 Å². The molecule has 0 spiro atoms. The number of ether oxygens (including phenoxy) is 1. The smallest absolute Gasteiger partial charge is 0.0710 e. The lowest BCUT2D eigenvalue weighted by atomic mass is 10.0. The Kier molecular flexibility index (Phi) is 6.68. The Hall–Kier alpha value is -0.900. The molecule has 1 N–H and O–H groups in total. The average Bonchev–Trinajstić information content (AvgIpc) is 2.95. The topological polar surface area (TPSA) is 24.5 Å². The third kappa shape index (κ3) is 5.10. The first-order chi connectivity index (χ1) is 10.2. The number of benzene rings is 1. The summed E-state index contributed by atoms with van der Waals surface area (Å²) in [6.45, 7) is 8.89. The van der Waals surface area contributed by atoms with Gasteiger partial charge < -0.3 is 15.0 Å². The minimum absolute atomic E-state index is 0.436. The lowest BCUT2D eigenvalue weighted by Crippen LogP contribution is -2.29. The normalized spacial score (nSPS) is 20.8. The molecule has 0 aromatic heterocycles. The van der Waals surface area contributed by atoms with Gasteiger partial charge in [-0.2, -0.15) is 0 Å². The van der Waals surface area contributed by atoms with Crippen molar-refractivity contribution >= 4 is 0 Å². The second-order valence-electron chi connectivity index (χ2n) is 6.16. The standard InChI is InChI=1S/C18H30N2O/c1-4-10-19-18(16-7-5-6-15(2)13-16)9-12-20-11-8-17(14-20)21-3/h5-7,13,17-19H,4,8-12,14H2,1-3H3. The molecule has 0 radical (unpaired) electrons. The molecule has 0 bridgehead atoms. The van der Waals surface area contributed by atoms with Crippen molar-refractivity contribution in [2.75, 3.05) is 33.3 Å². The highest BCUT2D eigenvalue weighted by Gasteiger charge is 2.22. The van der Waals surface area contributed by atoms with Crippen LogP contribution in [0.3, 0.4) is 0 Å². The molecular weight excluding hydrogens is 260 g/mol. The molecule has 1 fully saturated rings. The first-order valence-electron chi connectivity index (χ1n) is 8.28. The number of methoxy groups -OCH3 is 1. The summed E-state index contributed by atoms with van der Waals surface area (Å²) in [5, 5.41) is 3.70. The Morgan fingerprint density at radius 3 is 2.95 bits per heavy atom. The third-order valence-corrected chi connectivity index (χ3v) is 4.38. The molecule has 1 aromatic carbocycles. The summed E-state index contributed by atoms with van der Waals surface area (Å²) in [5.41, 5.74) is 2.77. The fraction of sp³-hybridized carbons (Fsp3) is 0.667. The Morgan fingerprint density at radius 1 is 1.43 bits per heavy atom. The van der Waals surface area contributed by atoms with E-state index in [1.165, 1.54) is 36.9 Å². The van der Waals surface area contributed by atoms with Crippen molar-refractivity contribution in [3.8, 4) is 0 Å². The van der Waals surface area contributed by atoms with Crippen molar-refractivity contribution in [2.24, 2.45) is 0 Å². The monoisotopic (exact) mass is 290 g/mol. The maximum atomic E-state index is 5.46. The molecule has 2 unspecified atom stereocenters. The Labute approximate surface area is 129 Å². The number of nitrogens with one attached hydrogen (secondary N) is 1. The molecule has 1 aliphatic heterocycles. The molecule has 1 aliphatic rings. The predicted octanol–water partition coefficient (Wildman–Crippen LogP) is 3.15. The summed E-state index contributed by atoms with van der Waals surface area (Å²) in [6.07, 6.45) is 3.96. The fourth-order valence-corrected chi connectivity index (χ4v) is 3.10. The lowest BCUT2D eigenvalue weighted by molar-refractivity contribution is 0.107. The van der Waals surface area contributed by atoms with Crippen molar-refractivity contribution < 1.29 is 4.74 Å². The highest BCUT2D eigenvalue weighted by atomic mass is 16.5. The maximum absolute atomic E-state index is 5.46. The van der Waals surface area contributed by atoms with E-state index in [4.69, 9.17) is 4.74 Å². The molecule has 3 nitrogen and oxygen atoms in total. The van der Waals surface area contributed by atoms with E-state index in [0.717, 1.165) is 19.6 Å². The molecule has 2 rings (SSSR count). The van der Waals surface area contributed by atoms with Gasteiger partial charge in [0, 0.05) is 32.8 Å². The van der Waals surface area contributed by atoms with E-state index in [0.29, 0.717) is 12.1 Å². The van der Waals surface area contributed by atoms with E-state index < -0.39 is 0 Å². The van der Waals surface area contributed by atoms with Crippen LogP contribution in [0.2, 0.25) is 0 Å². The van der Waals surface area contributed by atoms with Crippen molar-refractivity contribution in [2.45, 2.75) is 45.3 Å². The summed E-state index contributed by atoms with van der Waals surface area (Å²) in [4.78, 5) is 2.53. The molecule has 0 saturated carbocycles. The van der Waals surface area contributed by atoms with Crippen LogP contribution < -0.4 is 5.32 Å². The summed E-state index contributed by atoms with van der Waals surface area (Å²) >= 11 is 0. The molecule has 3 heteroatoms. The number of aryl methyl sites for hydroxylation is 1. The van der Waals surface area contributed by atoms with Crippen LogP contribution in [0.4, 0.5) is 0 Å². The Balaban J connectivity index is 1.90. The highest BCUT2D eigenvalue weighted by Crippen LogP contribution is 2.20. The van der Waals surface area contributed by atoms with Gasteiger partial charge in [0.2, 0.25) is 0 Å². The van der Waals surface area contributed by atoms with Crippen molar-refractivity contribution in [3.63, 3.8) is 0 Å². The molecule has 0 amide bonds. The first kappa shape index (κ1) is 16.5. The zero-order chi connectivity index (χ0) is 15.1. The van der Waals surface area contributed by atoms with Crippen molar-refractivity contribution in [1.82, 2.24) is 10.2 Å². The lowest BCUT2D eigenvalue weighted by Gasteiger charge is -2.23. The molecular formula is C18H30N2O. The number of rotatable bonds is 8. The molecule has 2 atom stereocenters. The summed E-state index contributed by atoms with van der Waals surface area (Å²) in [6, 6.07) is 9.37. The van der Waals surface area contributed by atoms with Crippen LogP contribution in [0, 0.1) is 6.92 Å². The minimum Gasteiger partial charge on any atom is -0.380 e. The first-order valence-corrected chi connectivity index (χ1v) is 8.28. The summed E-state index contributed by atoms with van der Waals surface area (Å²) in [5.74, 6) is 0. The van der Waals surface area contributed by atoms with Gasteiger partial charge in [-0.15, -0.1) is 0 Å². The minimum atomic E-state index is 0.436. The van der Waals surface area contributed by atoms with Crippen LogP contribution in [0.5, 0.6) is 0 Å². The summed E-state index contributed by atoms with van der Waals surface area (Å²) < 4.78 is 5.46. The Morgan fingerprint density at radius 2 is 2.29 bits per heavy atom. The predicted molar refractivity (Wildman–Crippen MR) is 88.7 cm³/mol. The fourth-order valence-electron chi connectivity index (χ4n) is 3.10. The van der Waals surface area contributed by atoms with Crippen molar-refractivity contribution in [1.29, 1.82) is 0 Å². The molecule has 1 saturated heterocycles. The van der Waals surface area contributed by atoms with E-state index in [1.54, 1.807) is 0 Å². The molecule has 118 valence electrons. The molecule has 0 aliphatic carbocycles. The van der Waals surface area contributed by atoms with Crippen LogP contribution in [-0.4, -0.2) is 44.3 Å². The van der Waals surface area contributed by atoms with E-state index in [9.17, 15) is 0 Å². The van der Waals surface area contributed by atoms with Crippen LogP contribution >= 0.6 is 0 Å². The Bertz CT molecular complexity index is 421. The van der Waals surface area contributed by atoms with Gasteiger partial charge >= 0.3 is 0 Å². The number of likely N-dealkylation sites (tertiary alicyclic amines) is 1. The van der Waals surface area contributed by atoms with Gasteiger partial charge in [-0.25, -0.2) is 0 Å². The quantitative estimate of drug-likeness (QED) is 0.796. The number of hydrogen-bond donors (Lipinski definition) is 1. The number of nitrogens with zero attached hydrogens (tertiary/aromatic N) is 1. The van der Waals surface area contributed by atoms with Crippen LogP contribution in [0.15, 0.2) is 24.3 Å². The summed E-state index contributed by atoms with van der Waals surface area (Å²) in [7, 11) is 1.83. The van der Waals surface area contributed by atoms with Crippen molar-refractivity contribution in [3.05, 3.63) is 35.4 Å². The zero-order valence-corrected chi connectivity index (χ0v) is 13.8. The van der Waals surface area contributed by atoms with Crippen LogP contribution in [-0.2, 0) is 4.74 Å². The maximum Gasteiger partial charge on any atom is 0.0710 e. The van der Waals surface area contributed by atoms with E-state index >= 15 is 0 Å². The van der Waals surface area contributed by atoms with Gasteiger partial charge in [0.1, 0.15) is 0 Å².